The van der Waals surface area contributed by atoms with E-state index in [9.17, 15) is 28.8 Å². The van der Waals surface area contributed by atoms with Gasteiger partial charge < -0.3 is 29.2 Å². The number of hydrogen-bond acceptors (Lipinski definition) is 12. The van der Waals surface area contributed by atoms with Crippen molar-refractivity contribution in [3.05, 3.63) is 52.0 Å². The van der Waals surface area contributed by atoms with Crippen molar-refractivity contribution in [2.45, 2.75) is 171 Å². The van der Waals surface area contributed by atoms with Gasteiger partial charge in [-0.15, -0.1) is 11.3 Å². The molecule has 1 aromatic heterocycles. The standard InChI is InChI=1S/C49H77N3O10S/c1-16-31(6)36(26-41(53)61-48(9,10)11)45(56)52(15)39(30(4)5)28-40(60-47(58)37(32(7)17-2)27-42(54)62-49(12,13)14)44-51-38(29-63-44)43(55)50-35(24-33(8)46(57)59-18-3)25-34-22-20-19-21-23-34/h19-23,29-33,35-37,39-40H,16-18,24-28H2,1-15H3,(H,50,55)/t31-,32-,33-,35+,36-,37-,39+,40+/m0/s1. The van der Waals surface area contributed by atoms with Crippen LogP contribution in [0.1, 0.15) is 163 Å². The lowest BCUT2D eigenvalue weighted by Gasteiger charge is -2.37. The molecule has 2 rings (SSSR count). The molecule has 0 bridgehead atoms. The van der Waals surface area contributed by atoms with E-state index in [2.05, 4.69) is 5.32 Å². The molecule has 0 spiro atoms. The normalized spacial score (nSPS) is 15.7. The van der Waals surface area contributed by atoms with Crippen LogP contribution in [-0.2, 0) is 49.3 Å². The number of carbonyl (C=O) groups is 6. The van der Waals surface area contributed by atoms with E-state index in [1.54, 1.807) is 72.7 Å². The topological polar surface area (TPSA) is 168 Å². The van der Waals surface area contributed by atoms with Gasteiger partial charge in [-0.2, -0.15) is 0 Å². The van der Waals surface area contributed by atoms with Gasteiger partial charge >= 0.3 is 23.9 Å². The lowest BCUT2D eigenvalue weighted by molar-refractivity contribution is -0.167. The number of rotatable bonds is 24. The van der Waals surface area contributed by atoms with Crippen molar-refractivity contribution >= 4 is 47.0 Å². The second-order valence-corrected chi connectivity index (χ2v) is 20.2. The molecule has 2 amide bonds. The fraction of sp³-hybridized carbons (Fsp3) is 0.694. The third-order valence-electron chi connectivity index (χ3n) is 11.2. The molecule has 0 saturated carbocycles. The van der Waals surface area contributed by atoms with E-state index in [-0.39, 0.29) is 61.2 Å². The summed E-state index contributed by atoms with van der Waals surface area (Å²) in [5.74, 6) is -5.15. The Morgan fingerprint density at radius 3 is 1.81 bits per heavy atom. The summed E-state index contributed by atoms with van der Waals surface area (Å²) in [4.78, 5) is 88.0. The van der Waals surface area contributed by atoms with E-state index in [0.717, 1.165) is 16.9 Å². The fourth-order valence-corrected chi connectivity index (χ4v) is 8.23. The quantitative estimate of drug-likeness (QED) is 0.0788. The Hall–Kier alpha value is -4.33. The molecule has 0 aliphatic carbocycles. The minimum atomic E-state index is -1.02. The van der Waals surface area contributed by atoms with Gasteiger partial charge in [0, 0.05) is 30.9 Å². The highest BCUT2D eigenvalue weighted by Crippen LogP contribution is 2.35. The van der Waals surface area contributed by atoms with Gasteiger partial charge in [-0.1, -0.05) is 91.6 Å². The SMILES string of the molecule is CCOC(=O)[C@@H](C)C[C@H](Cc1ccccc1)NC(=O)c1csc([C@@H](C[C@H](C(C)C)N(C)C(=O)[C@@H](CC(=O)OC(C)(C)C)[C@@H](C)CC)OC(=O)[C@@H](CC(=O)OC(C)(C)C)[C@@H](C)CC)n1. The van der Waals surface area contributed by atoms with Crippen LogP contribution in [0.25, 0.3) is 0 Å². The van der Waals surface area contributed by atoms with Crippen LogP contribution in [0.2, 0.25) is 0 Å². The van der Waals surface area contributed by atoms with E-state index in [0.29, 0.717) is 30.7 Å². The number of amides is 2. The number of benzene rings is 1. The van der Waals surface area contributed by atoms with Crippen LogP contribution >= 0.6 is 11.3 Å². The number of nitrogens with zero attached hydrogens (tertiary/aromatic N) is 2. The van der Waals surface area contributed by atoms with E-state index in [1.807, 2.05) is 71.9 Å². The predicted molar refractivity (Wildman–Crippen MR) is 246 cm³/mol. The second kappa shape index (κ2) is 25.2. The Morgan fingerprint density at radius 1 is 0.762 bits per heavy atom. The summed E-state index contributed by atoms with van der Waals surface area (Å²) >= 11 is 1.15. The second-order valence-electron chi connectivity index (χ2n) is 19.3. The van der Waals surface area contributed by atoms with Crippen LogP contribution < -0.4 is 5.32 Å². The Labute approximate surface area is 381 Å². The van der Waals surface area contributed by atoms with Gasteiger partial charge in [-0.25, -0.2) is 4.98 Å². The van der Waals surface area contributed by atoms with Crippen LogP contribution in [0.15, 0.2) is 35.7 Å². The Kier molecular flexibility index (Phi) is 22.0. The van der Waals surface area contributed by atoms with Crippen molar-refractivity contribution < 1.29 is 47.7 Å². The van der Waals surface area contributed by atoms with Crippen molar-refractivity contribution in [3.8, 4) is 0 Å². The number of hydrogen-bond donors (Lipinski definition) is 1. The van der Waals surface area contributed by atoms with E-state index in [1.165, 1.54) is 0 Å². The van der Waals surface area contributed by atoms with Crippen molar-refractivity contribution in [2.75, 3.05) is 13.7 Å². The Bertz CT molecular complexity index is 1780. The minimum absolute atomic E-state index is 0.0886. The highest BCUT2D eigenvalue weighted by molar-refractivity contribution is 7.09. The molecule has 14 heteroatoms. The number of esters is 4. The fourth-order valence-electron chi connectivity index (χ4n) is 7.39. The number of ether oxygens (including phenoxy) is 4. The molecular weight excluding hydrogens is 823 g/mol. The molecule has 0 saturated heterocycles. The average molecular weight is 900 g/mol. The first-order valence-corrected chi connectivity index (χ1v) is 23.6. The van der Waals surface area contributed by atoms with Gasteiger partial charge in [0.05, 0.1) is 37.2 Å². The molecule has 1 aromatic carbocycles. The molecule has 8 atom stereocenters. The lowest BCUT2D eigenvalue weighted by Crippen LogP contribution is -2.46. The summed E-state index contributed by atoms with van der Waals surface area (Å²) in [5, 5.41) is 5.02. The monoisotopic (exact) mass is 900 g/mol. The number of aromatic nitrogens is 1. The maximum atomic E-state index is 14.4. The Balaban J connectivity index is 2.61. The van der Waals surface area contributed by atoms with Crippen LogP contribution in [-0.4, -0.2) is 82.5 Å². The Morgan fingerprint density at radius 2 is 1.30 bits per heavy atom. The van der Waals surface area contributed by atoms with E-state index < -0.39 is 71.0 Å². The molecule has 1 heterocycles. The first-order valence-electron chi connectivity index (χ1n) is 22.7. The van der Waals surface area contributed by atoms with Crippen LogP contribution in [0.3, 0.4) is 0 Å². The molecular formula is C49H77N3O10S. The van der Waals surface area contributed by atoms with Gasteiger partial charge in [-0.3, -0.25) is 28.8 Å². The van der Waals surface area contributed by atoms with Crippen molar-refractivity contribution in [1.29, 1.82) is 0 Å². The third-order valence-corrected chi connectivity index (χ3v) is 12.2. The van der Waals surface area contributed by atoms with Gasteiger partial charge in [0.1, 0.15) is 21.9 Å². The molecule has 0 aliphatic rings. The molecule has 0 unspecified atom stereocenters. The van der Waals surface area contributed by atoms with E-state index in [4.69, 9.17) is 23.9 Å². The molecule has 0 fully saturated rings. The molecule has 13 nitrogen and oxygen atoms in total. The summed E-state index contributed by atoms with van der Waals surface area (Å²) in [6.45, 7) is 26.1. The molecule has 63 heavy (non-hydrogen) atoms. The summed E-state index contributed by atoms with van der Waals surface area (Å²) in [6, 6.07) is 8.71. The third kappa shape index (κ3) is 18.7. The minimum Gasteiger partial charge on any atom is -0.466 e. The summed E-state index contributed by atoms with van der Waals surface area (Å²) < 4.78 is 22.9. The van der Waals surface area contributed by atoms with Gasteiger partial charge in [0.15, 0.2) is 6.10 Å². The summed E-state index contributed by atoms with van der Waals surface area (Å²) in [6.07, 6.45) is 0.859. The molecule has 2 aromatic rings. The zero-order chi connectivity index (χ0) is 47.8. The van der Waals surface area contributed by atoms with Crippen molar-refractivity contribution in [2.24, 2.45) is 35.5 Å². The number of carbonyl (C=O) groups excluding carboxylic acids is 6. The lowest BCUT2D eigenvalue weighted by atomic mass is 9.86. The highest BCUT2D eigenvalue weighted by Gasteiger charge is 2.39. The number of thiazole rings is 1. The first-order chi connectivity index (χ1) is 29.3. The molecule has 0 aliphatic heterocycles. The summed E-state index contributed by atoms with van der Waals surface area (Å²) in [5.41, 5.74) is -0.388. The maximum Gasteiger partial charge on any atom is 0.310 e. The maximum absolute atomic E-state index is 14.4. The van der Waals surface area contributed by atoms with Crippen LogP contribution in [0.4, 0.5) is 0 Å². The van der Waals surface area contributed by atoms with Crippen LogP contribution in [0.5, 0.6) is 0 Å². The van der Waals surface area contributed by atoms with Gasteiger partial charge in [0.25, 0.3) is 5.91 Å². The predicted octanol–water partition coefficient (Wildman–Crippen LogP) is 9.32. The van der Waals surface area contributed by atoms with Gasteiger partial charge in [0.2, 0.25) is 5.91 Å². The first kappa shape index (κ1) is 54.8. The highest BCUT2D eigenvalue weighted by atomic mass is 32.1. The van der Waals surface area contributed by atoms with Crippen LogP contribution in [0, 0.1) is 35.5 Å². The molecule has 0 radical (unpaired) electrons. The van der Waals surface area contributed by atoms with Crippen molar-refractivity contribution in [1.82, 2.24) is 15.2 Å². The largest absolute Gasteiger partial charge is 0.466 e. The smallest absolute Gasteiger partial charge is 0.310 e. The average Bonchev–Trinajstić information content (AvgIpc) is 3.69. The van der Waals surface area contributed by atoms with E-state index >= 15 is 0 Å². The number of nitrogens with one attached hydrogen (secondary N) is 1. The zero-order valence-corrected chi connectivity index (χ0v) is 41.5. The molecule has 1 N–H and O–H groups in total. The zero-order valence-electron chi connectivity index (χ0n) is 40.7. The molecule has 354 valence electrons. The summed E-state index contributed by atoms with van der Waals surface area (Å²) in [7, 11) is 1.70. The van der Waals surface area contributed by atoms with Crippen molar-refractivity contribution in [3.63, 3.8) is 0 Å². The van der Waals surface area contributed by atoms with Gasteiger partial charge in [-0.05, 0) is 84.6 Å².